The minimum absolute atomic E-state index is 0.0779. The Kier molecular flexibility index (Phi) is 4.37. The molecule has 2 rings (SSSR count). The van der Waals surface area contributed by atoms with Crippen molar-refractivity contribution in [3.05, 3.63) is 47.3 Å². The lowest BCUT2D eigenvalue weighted by atomic mass is 10.1. The van der Waals surface area contributed by atoms with E-state index in [0.717, 1.165) is 16.8 Å². The minimum Gasteiger partial charge on any atom is -0.481 e. The molecule has 1 aromatic heterocycles. The zero-order chi connectivity index (χ0) is 15.4. The molecule has 0 aliphatic rings. The molecule has 0 atom stereocenters. The first kappa shape index (κ1) is 14.8. The molecule has 1 heterocycles. The van der Waals surface area contributed by atoms with E-state index < -0.39 is 5.97 Å². The van der Waals surface area contributed by atoms with Crippen LogP contribution in [0.4, 0.5) is 5.69 Å². The number of carbonyl (C=O) groups excluding carboxylic acids is 1. The number of hydrogen-bond acceptors (Lipinski definition) is 3. The highest BCUT2D eigenvalue weighted by molar-refractivity contribution is 6.03. The van der Waals surface area contributed by atoms with Gasteiger partial charge in [0.1, 0.15) is 5.69 Å². The van der Waals surface area contributed by atoms with Gasteiger partial charge in [0.2, 0.25) is 0 Å². The fourth-order valence-corrected chi connectivity index (χ4v) is 1.96. The van der Waals surface area contributed by atoms with Crippen LogP contribution in [0.3, 0.4) is 0 Å². The van der Waals surface area contributed by atoms with Crippen molar-refractivity contribution in [2.24, 2.45) is 0 Å². The fourth-order valence-electron chi connectivity index (χ4n) is 1.96. The first-order valence-electron chi connectivity index (χ1n) is 6.59. The number of rotatable bonds is 5. The van der Waals surface area contributed by atoms with Crippen LogP contribution < -0.4 is 5.32 Å². The molecule has 0 aliphatic carbocycles. The second kappa shape index (κ2) is 6.21. The third-order valence-electron chi connectivity index (χ3n) is 3.13. The van der Waals surface area contributed by atoms with Gasteiger partial charge in [0.15, 0.2) is 0 Å². The first-order valence-corrected chi connectivity index (χ1v) is 6.59. The van der Waals surface area contributed by atoms with Gasteiger partial charge >= 0.3 is 5.97 Å². The maximum absolute atomic E-state index is 12.3. The molecule has 0 saturated carbocycles. The number of anilines is 1. The zero-order valence-corrected chi connectivity index (χ0v) is 12.0. The molecular weight excluding hydrogens is 270 g/mol. The number of aryl methyl sites for hydroxylation is 3. The third kappa shape index (κ3) is 3.68. The third-order valence-corrected chi connectivity index (χ3v) is 3.13. The van der Waals surface area contributed by atoms with Crippen molar-refractivity contribution >= 4 is 17.6 Å². The van der Waals surface area contributed by atoms with Gasteiger partial charge < -0.3 is 10.4 Å². The predicted molar refractivity (Wildman–Crippen MR) is 78.3 cm³/mol. The molecule has 6 nitrogen and oxygen atoms in total. The van der Waals surface area contributed by atoms with Gasteiger partial charge in [-0.1, -0.05) is 12.1 Å². The smallest absolute Gasteiger partial charge is 0.305 e. The van der Waals surface area contributed by atoms with E-state index in [1.54, 1.807) is 6.07 Å². The molecule has 21 heavy (non-hydrogen) atoms. The van der Waals surface area contributed by atoms with Crippen molar-refractivity contribution in [2.75, 3.05) is 5.32 Å². The summed E-state index contributed by atoms with van der Waals surface area (Å²) in [6.07, 6.45) is 1.41. The number of hydrogen-bond donors (Lipinski definition) is 2. The van der Waals surface area contributed by atoms with E-state index in [1.165, 1.54) is 10.9 Å². The Morgan fingerprint density at radius 2 is 2.05 bits per heavy atom. The molecule has 0 radical (unpaired) electrons. The van der Waals surface area contributed by atoms with Gasteiger partial charge in [0.05, 0.1) is 13.0 Å². The number of nitrogens with one attached hydrogen (secondary N) is 1. The lowest BCUT2D eigenvalue weighted by Gasteiger charge is -2.10. The summed E-state index contributed by atoms with van der Waals surface area (Å²) >= 11 is 0. The Labute approximate surface area is 122 Å². The number of nitrogens with zero attached hydrogens (tertiary/aromatic N) is 2. The molecule has 110 valence electrons. The summed E-state index contributed by atoms with van der Waals surface area (Å²) in [7, 11) is 0. The maximum Gasteiger partial charge on any atom is 0.305 e. The predicted octanol–water partition coefficient (Wildman–Crippen LogP) is 2.23. The SMILES string of the molecule is Cc1ccc(C)c(NC(=O)c2ccnn2CCC(=O)O)c1. The van der Waals surface area contributed by atoms with Gasteiger partial charge in [-0.2, -0.15) is 5.10 Å². The normalized spacial score (nSPS) is 10.4. The number of aliphatic carboxylic acids is 1. The molecule has 6 heteroatoms. The average Bonchev–Trinajstić information content (AvgIpc) is 2.89. The maximum atomic E-state index is 12.3. The van der Waals surface area contributed by atoms with E-state index in [2.05, 4.69) is 10.4 Å². The van der Waals surface area contributed by atoms with Gasteiger partial charge in [-0.15, -0.1) is 0 Å². The number of carboxylic acid groups (broad SMARTS) is 1. The number of amides is 1. The molecule has 2 aromatic rings. The lowest BCUT2D eigenvalue weighted by molar-refractivity contribution is -0.137. The highest BCUT2D eigenvalue weighted by atomic mass is 16.4. The molecule has 1 aromatic carbocycles. The molecular formula is C15H17N3O3. The number of carboxylic acids is 1. The second-order valence-electron chi connectivity index (χ2n) is 4.86. The van der Waals surface area contributed by atoms with Gasteiger partial charge in [-0.05, 0) is 37.1 Å². The average molecular weight is 287 g/mol. The van der Waals surface area contributed by atoms with E-state index >= 15 is 0 Å². The van der Waals surface area contributed by atoms with Crippen LogP contribution in [0.1, 0.15) is 28.0 Å². The summed E-state index contributed by atoms with van der Waals surface area (Å²) in [5.41, 5.74) is 3.10. The number of benzene rings is 1. The molecule has 0 saturated heterocycles. The Morgan fingerprint density at radius 3 is 2.76 bits per heavy atom. The highest BCUT2D eigenvalue weighted by Gasteiger charge is 2.14. The van der Waals surface area contributed by atoms with Gasteiger partial charge in [-0.25, -0.2) is 0 Å². The van der Waals surface area contributed by atoms with Gasteiger partial charge in [0.25, 0.3) is 5.91 Å². The summed E-state index contributed by atoms with van der Waals surface area (Å²) in [4.78, 5) is 22.9. The molecule has 2 N–H and O–H groups in total. The van der Waals surface area contributed by atoms with Crippen LogP contribution in [0.15, 0.2) is 30.5 Å². The van der Waals surface area contributed by atoms with Crippen molar-refractivity contribution in [1.82, 2.24) is 9.78 Å². The van der Waals surface area contributed by atoms with Crippen LogP contribution in [0.25, 0.3) is 0 Å². The van der Waals surface area contributed by atoms with Crippen LogP contribution >= 0.6 is 0 Å². The van der Waals surface area contributed by atoms with Crippen LogP contribution in [-0.2, 0) is 11.3 Å². The van der Waals surface area contributed by atoms with E-state index in [9.17, 15) is 9.59 Å². The van der Waals surface area contributed by atoms with E-state index in [0.29, 0.717) is 5.69 Å². The van der Waals surface area contributed by atoms with Crippen molar-refractivity contribution in [2.45, 2.75) is 26.8 Å². The molecule has 0 fully saturated rings. The van der Waals surface area contributed by atoms with E-state index in [4.69, 9.17) is 5.11 Å². The number of carbonyl (C=O) groups is 2. The fraction of sp³-hybridized carbons (Fsp3) is 0.267. The van der Waals surface area contributed by atoms with Crippen LogP contribution in [-0.4, -0.2) is 26.8 Å². The lowest BCUT2D eigenvalue weighted by Crippen LogP contribution is -2.19. The molecule has 1 amide bonds. The standard InChI is InChI=1S/C15H17N3O3/c1-10-3-4-11(2)12(9-10)17-15(21)13-5-7-16-18(13)8-6-14(19)20/h3-5,7,9H,6,8H2,1-2H3,(H,17,21)(H,19,20). The Balaban J connectivity index is 2.15. The Hall–Kier alpha value is -2.63. The van der Waals surface area contributed by atoms with Crippen LogP contribution in [0, 0.1) is 13.8 Å². The van der Waals surface area contributed by atoms with Crippen molar-refractivity contribution in [1.29, 1.82) is 0 Å². The first-order chi connectivity index (χ1) is 9.97. The highest BCUT2D eigenvalue weighted by Crippen LogP contribution is 2.17. The van der Waals surface area contributed by atoms with E-state index in [1.807, 2.05) is 32.0 Å². The summed E-state index contributed by atoms with van der Waals surface area (Å²) in [5, 5.41) is 15.5. The van der Waals surface area contributed by atoms with Crippen molar-refractivity contribution in [3.8, 4) is 0 Å². The molecule has 0 bridgehead atoms. The number of aromatic nitrogens is 2. The summed E-state index contributed by atoms with van der Waals surface area (Å²) in [5.74, 6) is -1.22. The summed E-state index contributed by atoms with van der Waals surface area (Å²) in [6.45, 7) is 4.03. The second-order valence-corrected chi connectivity index (χ2v) is 4.86. The zero-order valence-electron chi connectivity index (χ0n) is 12.0. The summed E-state index contributed by atoms with van der Waals surface area (Å²) < 4.78 is 1.40. The quantitative estimate of drug-likeness (QED) is 0.883. The van der Waals surface area contributed by atoms with Gasteiger partial charge in [-0.3, -0.25) is 14.3 Å². The van der Waals surface area contributed by atoms with Crippen molar-refractivity contribution < 1.29 is 14.7 Å². The monoisotopic (exact) mass is 287 g/mol. The largest absolute Gasteiger partial charge is 0.481 e. The van der Waals surface area contributed by atoms with Gasteiger partial charge in [0, 0.05) is 11.9 Å². The van der Waals surface area contributed by atoms with Crippen LogP contribution in [0.5, 0.6) is 0 Å². The van der Waals surface area contributed by atoms with E-state index in [-0.39, 0.29) is 18.9 Å². The molecule has 0 unspecified atom stereocenters. The minimum atomic E-state index is -0.925. The van der Waals surface area contributed by atoms with Crippen molar-refractivity contribution in [3.63, 3.8) is 0 Å². The Morgan fingerprint density at radius 1 is 1.29 bits per heavy atom. The molecule has 0 spiro atoms. The topological polar surface area (TPSA) is 84.2 Å². The van der Waals surface area contributed by atoms with Crippen LogP contribution in [0.2, 0.25) is 0 Å². The Bertz CT molecular complexity index is 677. The molecule has 0 aliphatic heterocycles. The summed E-state index contributed by atoms with van der Waals surface area (Å²) in [6, 6.07) is 7.38.